The molecule has 0 aromatic heterocycles. The fourth-order valence-electron chi connectivity index (χ4n) is 3.80. The zero-order valence-corrected chi connectivity index (χ0v) is 23.4. The molecule has 3 aromatic rings. The summed E-state index contributed by atoms with van der Waals surface area (Å²) in [6.07, 6.45) is -0.315. The lowest BCUT2D eigenvalue weighted by Gasteiger charge is -2.29. The molecule has 0 aliphatic heterocycles. The lowest BCUT2D eigenvalue weighted by molar-refractivity contribution is -0.154. The predicted molar refractivity (Wildman–Crippen MR) is 157 cm³/mol. The second kappa shape index (κ2) is 15.5. The number of ether oxygens (including phenoxy) is 1. The van der Waals surface area contributed by atoms with Gasteiger partial charge in [0, 0.05) is 28.8 Å². The van der Waals surface area contributed by atoms with Gasteiger partial charge in [0.15, 0.2) is 5.96 Å². The van der Waals surface area contributed by atoms with E-state index in [0.29, 0.717) is 32.8 Å². The number of aliphatic carboxylic acids is 1. The number of para-hydroxylation sites is 1. The number of hydrazine groups is 1. The first-order valence-electron chi connectivity index (χ1n) is 12.5. The van der Waals surface area contributed by atoms with Gasteiger partial charge in [-0.05, 0) is 73.0 Å². The molecule has 13 heteroatoms. The first kappa shape index (κ1) is 31.2. The first-order chi connectivity index (χ1) is 19.6. The molecule has 0 aliphatic carbocycles. The van der Waals surface area contributed by atoms with Crippen molar-refractivity contribution in [1.82, 2.24) is 15.8 Å². The van der Waals surface area contributed by atoms with E-state index in [1.54, 1.807) is 42.5 Å². The maximum absolute atomic E-state index is 13.2. The summed E-state index contributed by atoms with van der Waals surface area (Å²) in [5, 5.41) is 24.1. The van der Waals surface area contributed by atoms with Crippen LogP contribution in [0.1, 0.15) is 24.8 Å². The Morgan fingerprint density at radius 1 is 0.976 bits per heavy atom. The number of carboxylic acid groups (broad SMARTS) is 1. The molecule has 0 heterocycles. The molecule has 11 nitrogen and oxygen atoms in total. The van der Waals surface area contributed by atoms with Gasteiger partial charge in [0.1, 0.15) is 24.0 Å². The number of anilines is 1. The number of rotatable bonds is 14. The van der Waals surface area contributed by atoms with Crippen molar-refractivity contribution in [3.05, 3.63) is 88.4 Å². The Hall–Kier alpha value is -4.32. The molecule has 0 aliphatic rings. The average Bonchev–Trinajstić information content (AvgIpc) is 2.90. The molecule has 0 bridgehead atoms. The number of amides is 2. The lowest BCUT2D eigenvalue weighted by atomic mass is 10.1. The normalized spacial score (nSPS) is 11.3. The Labute approximate surface area is 247 Å². The molecule has 41 heavy (non-hydrogen) atoms. The zero-order chi connectivity index (χ0) is 29.8. The largest absolute Gasteiger partial charge is 0.480 e. The van der Waals surface area contributed by atoms with Crippen molar-refractivity contribution in [3.8, 4) is 11.5 Å². The minimum Gasteiger partial charge on any atom is -0.480 e. The van der Waals surface area contributed by atoms with Crippen LogP contribution in [-0.4, -0.2) is 46.4 Å². The van der Waals surface area contributed by atoms with E-state index in [4.69, 9.17) is 39.1 Å². The van der Waals surface area contributed by atoms with Crippen LogP contribution >= 0.6 is 23.2 Å². The number of nitrogens with one attached hydrogen (secondary N) is 4. The molecule has 2 amide bonds. The molecule has 0 unspecified atom stereocenters. The molecule has 1 atom stereocenters. The van der Waals surface area contributed by atoms with Crippen molar-refractivity contribution >= 4 is 52.6 Å². The van der Waals surface area contributed by atoms with Crippen molar-refractivity contribution < 1.29 is 24.2 Å². The van der Waals surface area contributed by atoms with Gasteiger partial charge in [-0.1, -0.05) is 41.4 Å². The quantitative estimate of drug-likeness (QED) is 0.0521. The summed E-state index contributed by atoms with van der Waals surface area (Å²) in [6, 6.07) is 19.3. The maximum atomic E-state index is 13.2. The zero-order valence-electron chi connectivity index (χ0n) is 21.9. The Bertz CT molecular complexity index is 1340. The monoisotopic (exact) mass is 600 g/mol. The minimum atomic E-state index is -1.31. The van der Waals surface area contributed by atoms with Crippen LogP contribution in [0.3, 0.4) is 0 Å². The van der Waals surface area contributed by atoms with Gasteiger partial charge in [-0.3, -0.25) is 20.0 Å². The second-order valence-electron chi connectivity index (χ2n) is 8.88. The van der Waals surface area contributed by atoms with E-state index in [1.807, 2.05) is 30.3 Å². The van der Waals surface area contributed by atoms with Crippen LogP contribution in [0.4, 0.5) is 5.69 Å². The summed E-state index contributed by atoms with van der Waals surface area (Å²) in [5.41, 5.74) is 9.14. The molecule has 0 radical (unpaired) electrons. The summed E-state index contributed by atoms with van der Waals surface area (Å²) < 4.78 is 5.74. The number of hydrogen-bond acceptors (Lipinski definition) is 6. The Morgan fingerprint density at radius 2 is 1.61 bits per heavy atom. The molecule has 0 spiro atoms. The van der Waals surface area contributed by atoms with Gasteiger partial charge in [-0.25, -0.2) is 10.2 Å². The molecular weight excluding hydrogens is 571 g/mol. The highest BCUT2D eigenvalue weighted by molar-refractivity contribution is 6.34. The third kappa shape index (κ3) is 10.6. The molecule has 7 N–H and O–H groups in total. The van der Waals surface area contributed by atoms with E-state index in [9.17, 15) is 19.5 Å². The van der Waals surface area contributed by atoms with Gasteiger partial charge in [0.25, 0.3) is 0 Å². The highest BCUT2D eigenvalue weighted by atomic mass is 35.5. The highest BCUT2D eigenvalue weighted by Gasteiger charge is 2.30. The van der Waals surface area contributed by atoms with Gasteiger partial charge in [0.2, 0.25) is 11.8 Å². The van der Waals surface area contributed by atoms with Crippen LogP contribution in [0.5, 0.6) is 11.5 Å². The summed E-state index contributed by atoms with van der Waals surface area (Å²) in [5.74, 6) is -1.69. The molecule has 216 valence electrons. The highest BCUT2D eigenvalue weighted by Crippen LogP contribution is 2.23. The number of nitrogens with two attached hydrogens (primary N) is 1. The Morgan fingerprint density at radius 3 is 2.22 bits per heavy atom. The van der Waals surface area contributed by atoms with Crippen LogP contribution < -0.4 is 26.5 Å². The van der Waals surface area contributed by atoms with Gasteiger partial charge in [0.05, 0.1) is 0 Å². The first-order valence-corrected chi connectivity index (χ1v) is 13.3. The number of carbonyl (C=O) groups excluding carboxylic acids is 2. The summed E-state index contributed by atoms with van der Waals surface area (Å²) in [7, 11) is 0. The molecule has 0 saturated heterocycles. The molecule has 0 saturated carbocycles. The minimum absolute atomic E-state index is 0.0198. The van der Waals surface area contributed by atoms with E-state index in [0.717, 1.165) is 5.01 Å². The second-order valence-corrected chi connectivity index (χ2v) is 9.75. The number of guanidine groups is 1. The van der Waals surface area contributed by atoms with Crippen molar-refractivity contribution in [2.24, 2.45) is 5.73 Å². The Balaban J connectivity index is 1.67. The topological polar surface area (TPSA) is 170 Å². The van der Waals surface area contributed by atoms with Gasteiger partial charge < -0.3 is 26.2 Å². The van der Waals surface area contributed by atoms with E-state index >= 15 is 0 Å². The number of nitrogens with zero attached hydrogens (tertiary/aromatic N) is 1. The SMILES string of the molecule is N=C(N)NCCC[C@@H](C(=O)O)N(NCc1cc(Cl)cc(Cl)c1)C(=O)CC(=O)Nc1ccc(Oc2ccccc2)cc1. The number of benzene rings is 3. The lowest BCUT2D eigenvalue weighted by Crippen LogP contribution is -2.53. The molecule has 3 aromatic carbocycles. The van der Waals surface area contributed by atoms with E-state index in [1.165, 1.54) is 0 Å². The number of hydrogen-bond donors (Lipinski definition) is 6. The summed E-state index contributed by atoms with van der Waals surface area (Å²) in [6.45, 7) is 0.251. The van der Waals surface area contributed by atoms with Gasteiger partial charge in [-0.2, -0.15) is 0 Å². The van der Waals surface area contributed by atoms with Crippen LogP contribution in [0.2, 0.25) is 10.0 Å². The van der Waals surface area contributed by atoms with E-state index in [2.05, 4.69) is 16.1 Å². The van der Waals surface area contributed by atoms with Crippen molar-refractivity contribution in [2.45, 2.75) is 31.8 Å². The van der Waals surface area contributed by atoms with Crippen molar-refractivity contribution in [1.29, 1.82) is 5.41 Å². The van der Waals surface area contributed by atoms with E-state index in [-0.39, 0.29) is 31.9 Å². The smallest absolute Gasteiger partial charge is 0.328 e. The molecule has 0 fully saturated rings. The number of carbonyl (C=O) groups is 3. The van der Waals surface area contributed by atoms with Crippen LogP contribution in [0.15, 0.2) is 72.8 Å². The average molecular weight is 601 g/mol. The maximum Gasteiger partial charge on any atom is 0.328 e. The molecule has 3 rings (SSSR count). The van der Waals surface area contributed by atoms with E-state index < -0.39 is 30.2 Å². The predicted octanol–water partition coefficient (Wildman–Crippen LogP) is 4.36. The van der Waals surface area contributed by atoms with Crippen LogP contribution in [0.25, 0.3) is 0 Å². The molecular formula is C28H30Cl2N6O5. The number of halogens is 2. The fraction of sp³-hybridized carbons (Fsp3) is 0.214. The van der Waals surface area contributed by atoms with Crippen molar-refractivity contribution in [2.75, 3.05) is 11.9 Å². The van der Waals surface area contributed by atoms with Crippen molar-refractivity contribution in [3.63, 3.8) is 0 Å². The standard InChI is InChI=1S/C28H30Cl2N6O5/c29-19-13-18(14-20(30)15-19)17-34-36(24(27(39)40)7-4-12-33-28(31)32)26(38)16-25(37)35-21-8-10-23(11-9-21)41-22-5-2-1-3-6-22/h1-3,5-6,8-11,13-15,24,34H,4,7,12,16-17H2,(H,35,37)(H,39,40)(H4,31,32,33)/t24-/m0/s1. The van der Waals surface area contributed by atoms with Crippen LogP contribution in [-0.2, 0) is 20.9 Å². The fourth-order valence-corrected chi connectivity index (χ4v) is 4.37. The van der Waals surface area contributed by atoms with Gasteiger partial charge in [-0.15, -0.1) is 0 Å². The third-order valence-electron chi connectivity index (χ3n) is 5.64. The third-order valence-corrected chi connectivity index (χ3v) is 6.08. The summed E-state index contributed by atoms with van der Waals surface area (Å²) in [4.78, 5) is 38.1. The summed E-state index contributed by atoms with van der Waals surface area (Å²) >= 11 is 12.1. The number of carboxylic acids is 1. The van der Waals surface area contributed by atoms with Gasteiger partial charge >= 0.3 is 5.97 Å². The van der Waals surface area contributed by atoms with Crippen LogP contribution in [0, 0.1) is 5.41 Å². The Kier molecular flexibility index (Phi) is 11.8.